The van der Waals surface area contributed by atoms with Crippen LogP contribution in [0.5, 0.6) is 5.75 Å². The van der Waals surface area contributed by atoms with Crippen LogP contribution in [-0.4, -0.2) is 50.6 Å². The van der Waals surface area contributed by atoms with Gasteiger partial charge in [0.1, 0.15) is 5.75 Å². The van der Waals surface area contributed by atoms with Crippen LogP contribution in [0.15, 0.2) is 48.5 Å². The second kappa shape index (κ2) is 9.31. The van der Waals surface area contributed by atoms with Crippen molar-refractivity contribution >= 4 is 11.6 Å². The Balaban J connectivity index is 1.20. The third kappa shape index (κ3) is 4.91. The standard InChI is InChI=1S/C24H31N3O2/c1-29-23-7-3-2-6-22(23)27-17-15-26(16-18-27)14-4-5-19-8-10-20(11-9-19)21-12-13-24(28)25-21/h2-3,6-11,21H,4-5,12-18H2,1H3,(H,25,28). The van der Waals surface area contributed by atoms with Gasteiger partial charge in [-0.25, -0.2) is 0 Å². The molecule has 2 fully saturated rings. The van der Waals surface area contributed by atoms with E-state index in [1.54, 1.807) is 7.11 Å². The number of para-hydroxylation sites is 2. The lowest BCUT2D eigenvalue weighted by Gasteiger charge is -2.36. The molecular weight excluding hydrogens is 362 g/mol. The summed E-state index contributed by atoms with van der Waals surface area (Å²) in [5.41, 5.74) is 3.81. The molecule has 2 aromatic carbocycles. The molecule has 2 aromatic rings. The Morgan fingerprint density at radius 1 is 1.03 bits per heavy atom. The zero-order valence-electron chi connectivity index (χ0n) is 17.3. The zero-order valence-corrected chi connectivity index (χ0v) is 17.3. The minimum Gasteiger partial charge on any atom is -0.495 e. The summed E-state index contributed by atoms with van der Waals surface area (Å²) in [6, 6.07) is 17.3. The Bertz CT molecular complexity index is 813. The van der Waals surface area contributed by atoms with Crippen LogP contribution in [0.25, 0.3) is 0 Å². The van der Waals surface area contributed by atoms with Crippen LogP contribution in [0.2, 0.25) is 0 Å². The molecule has 0 saturated carbocycles. The summed E-state index contributed by atoms with van der Waals surface area (Å²) in [6.45, 7) is 5.42. The van der Waals surface area contributed by atoms with Crippen molar-refractivity contribution in [1.29, 1.82) is 0 Å². The predicted molar refractivity (Wildman–Crippen MR) is 117 cm³/mol. The second-order valence-electron chi connectivity index (χ2n) is 8.00. The van der Waals surface area contributed by atoms with Crippen LogP contribution in [0.4, 0.5) is 5.69 Å². The number of nitrogens with zero attached hydrogens (tertiary/aromatic N) is 2. The first-order valence-electron chi connectivity index (χ1n) is 10.7. The number of ether oxygens (including phenoxy) is 1. The smallest absolute Gasteiger partial charge is 0.220 e. The molecule has 29 heavy (non-hydrogen) atoms. The van der Waals surface area contributed by atoms with Crippen LogP contribution in [0, 0.1) is 0 Å². The molecule has 2 saturated heterocycles. The summed E-state index contributed by atoms with van der Waals surface area (Å²) in [7, 11) is 1.74. The molecule has 0 aliphatic carbocycles. The van der Waals surface area contributed by atoms with Gasteiger partial charge >= 0.3 is 0 Å². The number of carbonyl (C=O) groups is 1. The minimum atomic E-state index is 0.171. The monoisotopic (exact) mass is 393 g/mol. The molecule has 1 amide bonds. The number of rotatable bonds is 7. The van der Waals surface area contributed by atoms with Crippen molar-refractivity contribution < 1.29 is 9.53 Å². The summed E-state index contributed by atoms with van der Waals surface area (Å²) in [5.74, 6) is 1.13. The van der Waals surface area contributed by atoms with Gasteiger partial charge in [0.15, 0.2) is 0 Å². The number of nitrogens with one attached hydrogen (secondary N) is 1. The number of amides is 1. The van der Waals surface area contributed by atoms with Crippen LogP contribution in [-0.2, 0) is 11.2 Å². The van der Waals surface area contributed by atoms with Gasteiger partial charge in [0.25, 0.3) is 0 Å². The molecule has 0 bridgehead atoms. The highest BCUT2D eigenvalue weighted by Crippen LogP contribution is 2.28. The topological polar surface area (TPSA) is 44.8 Å². The van der Waals surface area contributed by atoms with Gasteiger partial charge in [0.05, 0.1) is 18.8 Å². The van der Waals surface area contributed by atoms with E-state index in [0.29, 0.717) is 6.42 Å². The van der Waals surface area contributed by atoms with Crippen molar-refractivity contribution in [3.63, 3.8) is 0 Å². The highest BCUT2D eigenvalue weighted by molar-refractivity contribution is 5.78. The maximum atomic E-state index is 11.4. The van der Waals surface area contributed by atoms with E-state index < -0.39 is 0 Å². The number of carbonyl (C=O) groups excluding carboxylic acids is 1. The van der Waals surface area contributed by atoms with Crippen molar-refractivity contribution in [1.82, 2.24) is 10.2 Å². The average Bonchev–Trinajstić information content (AvgIpc) is 3.21. The first-order valence-corrected chi connectivity index (χ1v) is 10.7. The molecule has 4 rings (SSSR count). The van der Waals surface area contributed by atoms with Crippen LogP contribution in [0.3, 0.4) is 0 Å². The fraction of sp³-hybridized carbons (Fsp3) is 0.458. The summed E-state index contributed by atoms with van der Waals surface area (Å²) in [6.07, 6.45) is 3.84. The summed E-state index contributed by atoms with van der Waals surface area (Å²) >= 11 is 0. The van der Waals surface area contributed by atoms with E-state index in [1.807, 2.05) is 12.1 Å². The molecule has 2 aliphatic rings. The van der Waals surface area contributed by atoms with Crippen molar-refractivity contribution in [2.45, 2.75) is 31.7 Å². The SMILES string of the molecule is COc1ccccc1N1CCN(CCCc2ccc(C3CCC(=O)N3)cc2)CC1. The number of piperazine rings is 1. The fourth-order valence-electron chi connectivity index (χ4n) is 4.39. The number of hydrogen-bond donors (Lipinski definition) is 1. The van der Waals surface area contributed by atoms with Crippen LogP contribution >= 0.6 is 0 Å². The lowest BCUT2D eigenvalue weighted by molar-refractivity contribution is -0.119. The highest BCUT2D eigenvalue weighted by Gasteiger charge is 2.22. The van der Waals surface area contributed by atoms with Crippen molar-refractivity contribution in [2.24, 2.45) is 0 Å². The lowest BCUT2D eigenvalue weighted by Crippen LogP contribution is -2.46. The van der Waals surface area contributed by atoms with Crippen LogP contribution < -0.4 is 15.0 Å². The van der Waals surface area contributed by atoms with E-state index in [4.69, 9.17) is 4.74 Å². The molecule has 1 N–H and O–H groups in total. The summed E-state index contributed by atoms with van der Waals surface area (Å²) in [5, 5.41) is 3.04. The Labute approximate surface area is 173 Å². The first-order chi connectivity index (χ1) is 14.2. The Hall–Kier alpha value is -2.53. The van der Waals surface area contributed by atoms with E-state index >= 15 is 0 Å². The molecule has 1 unspecified atom stereocenters. The zero-order chi connectivity index (χ0) is 20.1. The summed E-state index contributed by atoms with van der Waals surface area (Å²) < 4.78 is 5.51. The van der Waals surface area contributed by atoms with Gasteiger partial charge in [0.2, 0.25) is 5.91 Å². The van der Waals surface area contributed by atoms with Crippen LogP contribution in [0.1, 0.15) is 36.4 Å². The third-order valence-corrected chi connectivity index (χ3v) is 6.12. The number of aryl methyl sites for hydroxylation is 1. The molecule has 5 heteroatoms. The maximum absolute atomic E-state index is 11.4. The van der Waals surface area contributed by atoms with Gasteiger partial charge < -0.3 is 15.0 Å². The molecule has 0 spiro atoms. The maximum Gasteiger partial charge on any atom is 0.220 e. The average molecular weight is 394 g/mol. The molecule has 2 heterocycles. The quantitative estimate of drug-likeness (QED) is 0.783. The molecule has 5 nitrogen and oxygen atoms in total. The van der Waals surface area contributed by atoms with E-state index in [-0.39, 0.29) is 11.9 Å². The molecular formula is C24H31N3O2. The predicted octanol–water partition coefficient (Wildman–Crippen LogP) is 3.40. The third-order valence-electron chi connectivity index (χ3n) is 6.12. The minimum absolute atomic E-state index is 0.171. The van der Waals surface area contributed by atoms with Gasteiger partial charge in [-0.15, -0.1) is 0 Å². The van der Waals surface area contributed by atoms with Crippen molar-refractivity contribution in [3.05, 3.63) is 59.7 Å². The first kappa shape index (κ1) is 19.8. The number of anilines is 1. The van der Waals surface area contributed by atoms with Crippen molar-refractivity contribution in [3.8, 4) is 5.75 Å². The number of benzene rings is 2. The van der Waals surface area contributed by atoms with E-state index in [2.05, 4.69) is 51.5 Å². The molecule has 1 atom stereocenters. The Morgan fingerprint density at radius 2 is 1.79 bits per heavy atom. The van der Waals surface area contributed by atoms with E-state index in [9.17, 15) is 4.79 Å². The molecule has 154 valence electrons. The lowest BCUT2D eigenvalue weighted by atomic mass is 10.0. The van der Waals surface area contributed by atoms with Gasteiger partial charge in [-0.3, -0.25) is 9.69 Å². The van der Waals surface area contributed by atoms with Gasteiger partial charge in [0, 0.05) is 32.6 Å². The number of hydrogen-bond acceptors (Lipinski definition) is 4. The van der Waals surface area contributed by atoms with Gasteiger partial charge in [-0.05, 0) is 49.1 Å². The molecule has 0 radical (unpaired) electrons. The molecule has 2 aliphatic heterocycles. The van der Waals surface area contributed by atoms with E-state index in [1.165, 1.54) is 23.2 Å². The second-order valence-corrected chi connectivity index (χ2v) is 8.00. The largest absolute Gasteiger partial charge is 0.495 e. The van der Waals surface area contributed by atoms with Gasteiger partial charge in [-0.2, -0.15) is 0 Å². The highest BCUT2D eigenvalue weighted by atomic mass is 16.5. The van der Waals surface area contributed by atoms with E-state index in [0.717, 1.165) is 51.3 Å². The molecule has 0 aromatic heterocycles. The van der Waals surface area contributed by atoms with Crippen molar-refractivity contribution in [2.75, 3.05) is 44.7 Å². The fourth-order valence-corrected chi connectivity index (χ4v) is 4.39. The Kier molecular flexibility index (Phi) is 6.35. The normalized spacial score (nSPS) is 20.0. The Morgan fingerprint density at radius 3 is 2.48 bits per heavy atom. The number of methoxy groups -OCH3 is 1. The summed E-state index contributed by atoms with van der Waals surface area (Å²) in [4.78, 5) is 16.4. The van der Waals surface area contributed by atoms with Gasteiger partial charge in [-0.1, -0.05) is 36.4 Å².